The van der Waals surface area contributed by atoms with Crippen molar-refractivity contribution in [1.82, 2.24) is 19.5 Å². The quantitative estimate of drug-likeness (QED) is 0.768. The van der Waals surface area contributed by atoms with Crippen LogP contribution in [-0.4, -0.2) is 35.9 Å². The predicted octanol–water partition coefficient (Wildman–Crippen LogP) is 1.64. The standard InChI is InChI=1S/C11H13N5S/c1-11(2)4-17-10(15-11)7-8-9(13-5-12-7)14-6-16(8)3/h5-6H,4H2,1-3H3. The van der Waals surface area contributed by atoms with Gasteiger partial charge in [-0.05, 0) is 13.8 Å². The summed E-state index contributed by atoms with van der Waals surface area (Å²) in [5.74, 6) is 0.992. The molecule has 2 aromatic heterocycles. The number of aliphatic imine (C=N–C) groups is 1. The van der Waals surface area contributed by atoms with E-state index in [-0.39, 0.29) is 5.54 Å². The topological polar surface area (TPSA) is 56.0 Å². The molecule has 1 aliphatic rings. The minimum atomic E-state index is -0.00410. The lowest BCUT2D eigenvalue weighted by atomic mass is 10.1. The second kappa shape index (κ2) is 3.53. The van der Waals surface area contributed by atoms with Crippen LogP contribution in [0.2, 0.25) is 0 Å². The highest BCUT2D eigenvalue weighted by atomic mass is 32.2. The average molecular weight is 247 g/mol. The maximum absolute atomic E-state index is 4.71. The zero-order chi connectivity index (χ0) is 12.0. The number of hydrogen-bond donors (Lipinski definition) is 0. The molecule has 0 saturated heterocycles. The monoisotopic (exact) mass is 247 g/mol. The van der Waals surface area contributed by atoms with E-state index in [1.54, 1.807) is 24.4 Å². The molecule has 6 heteroatoms. The maximum Gasteiger partial charge on any atom is 0.181 e. The summed E-state index contributed by atoms with van der Waals surface area (Å²) in [6, 6.07) is 0. The Morgan fingerprint density at radius 2 is 2.12 bits per heavy atom. The summed E-state index contributed by atoms with van der Waals surface area (Å²) in [7, 11) is 1.95. The van der Waals surface area contributed by atoms with Gasteiger partial charge in [-0.3, -0.25) is 4.99 Å². The van der Waals surface area contributed by atoms with Crippen LogP contribution in [0, 0.1) is 0 Å². The Balaban J connectivity index is 2.22. The second-order valence-electron chi connectivity index (χ2n) is 4.77. The van der Waals surface area contributed by atoms with E-state index in [1.807, 2.05) is 11.6 Å². The van der Waals surface area contributed by atoms with Crippen molar-refractivity contribution in [2.24, 2.45) is 12.0 Å². The van der Waals surface area contributed by atoms with E-state index in [1.165, 1.54) is 0 Å². The largest absolute Gasteiger partial charge is 0.330 e. The molecule has 0 spiro atoms. The molecule has 5 nitrogen and oxygen atoms in total. The molecule has 0 radical (unpaired) electrons. The van der Waals surface area contributed by atoms with Crippen molar-refractivity contribution in [3.63, 3.8) is 0 Å². The Morgan fingerprint density at radius 3 is 2.82 bits per heavy atom. The lowest BCUT2D eigenvalue weighted by molar-refractivity contribution is 0.605. The van der Waals surface area contributed by atoms with Gasteiger partial charge in [0.2, 0.25) is 0 Å². The van der Waals surface area contributed by atoms with Crippen LogP contribution in [0.4, 0.5) is 0 Å². The Kier molecular flexibility index (Phi) is 2.22. The SMILES string of the molecule is Cn1cnc2ncnc(C3=NC(C)(C)CS3)c21. The Hall–Kier alpha value is -1.43. The molecule has 0 amide bonds. The van der Waals surface area contributed by atoms with Crippen LogP contribution in [0.25, 0.3) is 11.2 Å². The van der Waals surface area contributed by atoms with Crippen molar-refractivity contribution in [3.05, 3.63) is 18.3 Å². The molecule has 0 atom stereocenters. The van der Waals surface area contributed by atoms with Crippen molar-refractivity contribution in [2.45, 2.75) is 19.4 Å². The number of aromatic nitrogens is 4. The minimum absolute atomic E-state index is 0.00410. The first-order chi connectivity index (χ1) is 8.07. The van der Waals surface area contributed by atoms with E-state index >= 15 is 0 Å². The van der Waals surface area contributed by atoms with Gasteiger partial charge in [0.25, 0.3) is 0 Å². The van der Waals surface area contributed by atoms with Crippen LogP contribution in [0.5, 0.6) is 0 Å². The summed E-state index contributed by atoms with van der Waals surface area (Å²) in [5, 5.41) is 0.992. The van der Waals surface area contributed by atoms with Gasteiger partial charge in [0.1, 0.15) is 22.6 Å². The van der Waals surface area contributed by atoms with E-state index in [4.69, 9.17) is 4.99 Å². The third-order valence-corrected chi connectivity index (χ3v) is 4.09. The van der Waals surface area contributed by atoms with Gasteiger partial charge in [-0.25, -0.2) is 15.0 Å². The maximum atomic E-state index is 4.71. The molecular formula is C11H13N5S. The smallest absolute Gasteiger partial charge is 0.181 e. The van der Waals surface area contributed by atoms with Gasteiger partial charge in [-0.1, -0.05) is 0 Å². The van der Waals surface area contributed by atoms with E-state index in [0.29, 0.717) is 0 Å². The molecule has 17 heavy (non-hydrogen) atoms. The first-order valence-electron chi connectivity index (χ1n) is 5.42. The molecular weight excluding hydrogens is 234 g/mol. The Bertz CT molecular complexity index is 613. The van der Waals surface area contributed by atoms with Gasteiger partial charge in [0.05, 0.1) is 11.9 Å². The van der Waals surface area contributed by atoms with Crippen molar-refractivity contribution in [2.75, 3.05) is 5.75 Å². The number of nitrogens with zero attached hydrogens (tertiary/aromatic N) is 5. The average Bonchev–Trinajstić information content (AvgIpc) is 2.83. The highest BCUT2D eigenvalue weighted by Crippen LogP contribution is 2.31. The highest BCUT2D eigenvalue weighted by molar-refractivity contribution is 8.14. The molecule has 0 saturated carbocycles. The van der Waals surface area contributed by atoms with Gasteiger partial charge in [-0.2, -0.15) is 0 Å². The molecule has 3 heterocycles. The molecule has 0 aromatic carbocycles. The van der Waals surface area contributed by atoms with E-state index in [2.05, 4.69) is 28.8 Å². The molecule has 88 valence electrons. The van der Waals surface area contributed by atoms with Crippen LogP contribution in [0.3, 0.4) is 0 Å². The molecule has 0 unspecified atom stereocenters. The third kappa shape index (κ3) is 1.72. The van der Waals surface area contributed by atoms with Crippen LogP contribution in [0.15, 0.2) is 17.6 Å². The number of thioether (sulfide) groups is 1. The number of imidazole rings is 1. The molecule has 0 N–H and O–H groups in total. The van der Waals surface area contributed by atoms with E-state index < -0.39 is 0 Å². The fourth-order valence-corrected chi connectivity index (χ4v) is 3.00. The number of fused-ring (bicyclic) bond motifs is 1. The zero-order valence-corrected chi connectivity index (χ0v) is 10.8. The first kappa shape index (κ1) is 10.7. The predicted molar refractivity (Wildman–Crippen MR) is 69.4 cm³/mol. The summed E-state index contributed by atoms with van der Waals surface area (Å²) >= 11 is 1.75. The Labute approximate surface area is 103 Å². The number of aryl methyl sites for hydroxylation is 1. The summed E-state index contributed by atoms with van der Waals surface area (Å²) in [4.78, 5) is 17.5. The third-order valence-electron chi connectivity index (χ3n) is 2.68. The number of hydrogen-bond acceptors (Lipinski definition) is 5. The van der Waals surface area contributed by atoms with Crippen LogP contribution < -0.4 is 0 Å². The normalized spacial score (nSPS) is 18.6. The van der Waals surface area contributed by atoms with Gasteiger partial charge < -0.3 is 4.57 Å². The van der Waals surface area contributed by atoms with Crippen LogP contribution in [0.1, 0.15) is 19.5 Å². The zero-order valence-electron chi connectivity index (χ0n) is 10.0. The van der Waals surface area contributed by atoms with E-state index in [9.17, 15) is 0 Å². The molecule has 0 aliphatic carbocycles. The van der Waals surface area contributed by atoms with Crippen molar-refractivity contribution in [1.29, 1.82) is 0 Å². The molecule has 3 rings (SSSR count). The van der Waals surface area contributed by atoms with Gasteiger partial charge in [-0.15, -0.1) is 11.8 Å². The minimum Gasteiger partial charge on any atom is -0.330 e. The fourth-order valence-electron chi connectivity index (χ4n) is 1.85. The van der Waals surface area contributed by atoms with Crippen molar-refractivity contribution >= 4 is 28.0 Å². The summed E-state index contributed by atoms with van der Waals surface area (Å²) in [6.45, 7) is 4.27. The fraction of sp³-hybridized carbons (Fsp3) is 0.455. The van der Waals surface area contributed by atoms with Crippen LogP contribution in [-0.2, 0) is 7.05 Å². The highest BCUT2D eigenvalue weighted by Gasteiger charge is 2.28. The van der Waals surface area contributed by atoms with Crippen molar-refractivity contribution < 1.29 is 0 Å². The lowest BCUT2D eigenvalue weighted by Crippen LogP contribution is -2.15. The van der Waals surface area contributed by atoms with Crippen molar-refractivity contribution in [3.8, 4) is 0 Å². The molecule has 2 aromatic rings. The van der Waals surface area contributed by atoms with Gasteiger partial charge in [0, 0.05) is 12.8 Å². The Morgan fingerprint density at radius 1 is 1.29 bits per heavy atom. The molecule has 0 fully saturated rings. The first-order valence-corrected chi connectivity index (χ1v) is 6.40. The van der Waals surface area contributed by atoms with E-state index in [0.717, 1.165) is 27.7 Å². The summed E-state index contributed by atoms with van der Waals surface area (Å²) < 4.78 is 1.94. The van der Waals surface area contributed by atoms with Gasteiger partial charge >= 0.3 is 0 Å². The number of rotatable bonds is 1. The summed E-state index contributed by atoms with van der Waals surface area (Å²) in [6.07, 6.45) is 3.31. The van der Waals surface area contributed by atoms with Gasteiger partial charge in [0.15, 0.2) is 5.65 Å². The summed E-state index contributed by atoms with van der Waals surface area (Å²) in [5.41, 5.74) is 2.57. The molecule has 1 aliphatic heterocycles. The lowest BCUT2D eigenvalue weighted by Gasteiger charge is -2.09. The second-order valence-corrected chi connectivity index (χ2v) is 5.73. The van der Waals surface area contributed by atoms with Crippen LogP contribution >= 0.6 is 11.8 Å². The molecule has 0 bridgehead atoms.